The average molecular weight is 744 g/mol. The Morgan fingerprint density at radius 2 is 1.66 bits per heavy atom. The van der Waals surface area contributed by atoms with Gasteiger partial charge in [-0.25, -0.2) is 0 Å². The Labute approximate surface area is 313 Å². The molecular weight excluding hydrogens is 682 g/mol. The van der Waals surface area contributed by atoms with Crippen molar-refractivity contribution in [3.8, 4) is 0 Å². The zero-order valence-corrected chi connectivity index (χ0v) is 31.4. The first-order valence-electron chi connectivity index (χ1n) is 20.8. The number of Topliss-reactive ketones (excluding diaryl/α,β-unsaturated/α-hetero) is 1. The van der Waals surface area contributed by atoms with Gasteiger partial charge < -0.3 is 53.1 Å². The molecule has 9 aliphatic heterocycles. The molecule has 0 saturated carbocycles. The van der Waals surface area contributed by atoms with Crippen molar-refractivity contribution in [2.45, 2.75) is 194 Å². The van der Waals surface area contributed by atoms with Crippen LogP contribution in [0.1, 0.15) is 96.3 Å². The molecule has 0 aromatic heterocycles. The first-order chi connectivity index (χ1) is 25.7. The summed E-state index contributed by atoms with van der Waals surface area (Å²) in [7, 11) is 1.74. The van der Waals surface area contributed by atoms with Crippen molar-refractivity contribution in [2.24, 2.45) is 5.92 Å². The van der Waals surface area contributed by atoms with Crippen molar-refractivity contribution in [1.29, 1.82) is 0 Å². The Morgan fingerprint density at radius 1 is 0.811 bits per heavy atom. The Kier molecular flexibility index (Phi) is 11.0. The van der Waals surface area contributed by atoms with Crippen molar-refractivity contribution >= 4 is 5.78 Å². The molecule has 17 atom stereocenters. The number of rotatable bonds is 3. The lowest BCUT2D eigenvalue weighted by Crippen LogP contribution is -2.58. The number of ether oxygens (including phenoxy) is 9. The van der Waals surface area contributed by atoms with Gasteiger partial charge in [-0.05, 0) is 62.5 Å². The minimum Gasteiger partial charge on any atom is -0.390 e. The van der Waals surface area contributed by atoms with E-state index < -0.39 is 18.0 Å². The molecule has 1 unspecified atom stereocenters. The van der Waals surface area contributed by atoms with Crippen LogP contribution in [0.15, 0.2) is 24.3 Å². The highest BCUT2D eigenvalue weighted by molar-refractivity contribution is 5.79. The van der Waals surface area contributed by atoms with Gasteiger partial charge in [-0.1, -0.05) is 13.2 Å². The van der Waals surface area contributed by atoms with Crippen molar-refractivity contribution in [2.75, 3.05) is 26.8 Å². The summed E-state index contributed by atoms with van der Waals surface area (Å²) in [5, 5.41) is 14.6. The topological polar surface area (TPSA) is 132 Å². The maximum atomic E-state index is 14.1. The maximum Gasteiger partial charge on any atom is 0.172 e. The highest BCUT2D eigenvalue weighted by Crippen LogP contribution is 2.49. The van der Waals surface area contributed by atoms with Gasteiger partial charge in [0.1, 0.15) is 18.0 Å². The third-order valence-corrected chi connectivity index (χ3v) is 13.9. The molecule has 53 heavy (non-hydrogen) atoms. The minimum absolute atomic E-state index is 0.0174. The summed E-state index contributed by atoms with van der Waals surface area (Å²) in [6, 6.07) is 0. The van der Waals surface area contributed by atoms with Crippen LogP contribution in [-0.4, -0.2) is 135 Å². The van der Waals surface area contributed by atoms with Crippen molar-refractivity contribution < 1.29 is 52.5 Å². The van der Waals surface area contributed by atoms with Crippen molar-refractivity contribution in [1.82, 2.24) is 5.32 Å². The van der Waals surface area contributed by atoms with Gasteiger partial charge in [-0.3, -0.25) is 4.79 Å². The number of aliphatic hydroxyl groups excluding tert-OH is 1. The lowest BCUT2D eigenvalue weighted by molar-refractivity contribution is -0.277. The number of carbonyl (C=O) groups excluding carboxylic acids is 1. The number of aliphatic hydroxyl groups is 1. The van der Waals surface area contributed by atoms with E-state index in [0.717, 1.165) is 75.6 Å². The summed E-state index contributed by atoms with van der Waals surface area (Å²) < 4.78 is 59.4. The summed E-state index contributed by atoms with van der Waals surface area (Å²) in [4.78, 5) is 14.1. The van der Waals surface area contributed by atoms with Crippen LogP contribution in [0.5, 0.6) is 0 Å². The van der Waals surface area contributed by atoms with Crippen LogP contribution in [0, 0.1) is 5.92 Å². The Hall–Kier alpha value is -1.29. The number of methoxy groups -OCH3 is 1. The standard InChI is InChI=1S/C41H61NO11/c1-22-4-5-25-6-8-31-23(2)14-27(48-31)10-11-41-20-30(44)39(53-41)36-19-37(52-41)40-32(50-36)9-7-26(49-40)15-24(43)16-29-34(18-33(22)47-25)51-35(38(29)45-3)17-28-21-42-12-13-46-28/h25-40,42,44H,1-2,4-21H2,3H3/t25-,26-,27+,28+,29+,30-,31+,32+,33-,34+,35-,36?,37-,38-,39+,40+,41-/m1/s1. The number of morpholine rings is 1. The van der Waals surface area contributed by atoms with Gasteiger partial charge >= 0.3 is 0 Å². The fourth-order valence-electron chi connectivity index (χ4n) is 11.2. The molecule has 2 N–H and O–H groups in total. The molecule has 1 spiro atoms. The van der Waals surface area contributed by atoms with E-state index >= 15 is 0 Å². The first-order valence-corrected chi connectivity index (χ1v) is 20.8. The van der Waals surface area contributed by atoms with Gasteiger partial charge in [0.2, 0.25) is 0 Å². The van der Waals surface area contributed by atoms with Gasteiger partial charge in [0.25, 0.3) is 0 Å². The van der Waals surface area contributed by atoms with E-state index in [4.69, 9.17) is 42.6 Å². The molecule has 9 heterocycles. The van der Waals surface area contributed by atoms with E-state index in [0.29, 0.717) is 51.6 Å². The summed E-state index contributed by atoms with van der Waals surface area (Å²) in [5.41, 5.74) is 2.22. The second-order valence-electron chi connectivity index (χ2n) is 17.5. The van der Waals surface area contributed by atoms with E-state index in [-0.39, 0.29) is 91.1 Å². The van der Waals surface area contributed by atoms with E-state index in [1.54, 1.807) is 7.11 Å². The largest absolute Gasteiger partial charge is 0.390 e. The van der Waals surface area contributed by atoms with Crippen LogP contribution >= 0.6 is 0 Å². The predicted octanol–water partition coefficient (Wildman–Crippen LogP) is 3.84. The summed E-state index contributed by atoms with van der Waals surface area (Å²) >= 11 is 0. The van der Waals surface area contributed by atoms with Crippen LogP contribution in [-0.2, 0) is 47.4 Å². The third-order valence-electron chi connectivity index (χ3n) is 13.9. The molecule has 9 fully saturated rings. The first kappa shape index (κ1) is 37.3. The van der Waals surface area contributed by atoms with E-state index in [2.05, 4.69) is 18.5 Å². The number of nitrogens with one attached hydrogen (secondary N) is 1. The number of ketones is 1. The zero-order chi connectivity index (χ0) is 36.3. The lowest BCUT2D eigenvalue weighted by Gasteiger charge is -2.47. The molecule has 12 heteroatoms. The van der Waals surface area contributed by atoms with E-state index in [1.807, 2.05) is 0 Å². The third kappa shape index (κ3) is 7.74. The quantitative estimate of drug-likeness (QED) is 0.408. The fourth-order valence-corrected chi connectivity index (χ4v) is 11.2. The zero-order valence-electron chi connectivity index (χ0n) is 31.4. The van der Waals surface area contributed by atoms with Gasteiger partial charge in [0, 0.05) is 71.1 Å². The number of hydrogen-bond donors (Lipinski definition) is 2. The molecule has 9 saturated heterocycles. The number of hydrogen-bond acceptors (Lipinski definition) is 12. The molecule has 0 radical (unpaired) electrons. The molecule has 9 aliphatic rings. The summed E-state index contributed by atoms with van der Waals surface area (Å²) in [6.07, 6.45) is 7.23. The summed E-state index contributed by atoms with van der Waals surface area (Å²) in [6.45, 7) is 11.2. The monoisotopic (exact) mass is 743 g/mol. The molecule has 0 aromatic carbocycles. The molecular formula is C41H61NO11. The molecule has 0 aromatic rings. The Bertz CT molecular complexity index is 1360. The van der Waals surface area contributed by atoms with Crippen molar-refractivity contribution in [3.05, 3.63) is 24.3 Å². The van der Waals surface area contributed by atoms with Gasteiger partial charge in [0.15, 0.2) is 5.79 Å². The average Bonchev–Trinajstić information content (AvgIpc) is 3.75. The van der Waals surface area contributed by atoms with Gasteiger partial charge in [-0.15, -0.1) is 0 Å². The SMILES string of the molecule is C=C1C[C@@H]2CC[C@]34C[C@@H](O)[C@H](O3)C3C[C@@H](O4)[C@H]4O[C@H](CC[C@@H]4O3)CC(=O)C[C@@H]3[C@@H](OC)[C@@H](C[C@H]4CNCCO4)O[C@H]3C[C@H]3O[C@H](CCC3=C)CC[C@@H]1O2. The van der Waals surface area contributed by atoms with Crippen LogP contribution in [0.25, 0.3) is 0 Å². The fraction of sp³-hybridized carbons (Fsp3) is 0.878. The molecule has 296 valence electrons. The van der Waals surface area contributed by atoms with Gasteiger partial charge in [0.05, 0.1) is 86.0 Å². The summed E-state index contributed by atoms with van der Waals surface area (Å²) in [5.74, 6) is -0.902. The predicted molar refractivity (Wildman–Crippen MR) is 191 cm³/mol. The lowest BCUT2D eigenvalue weighted by atomic mass is 9.83. The maximum absolute atomic E-state index is 14.1. The molecule has 12 nitrogen and oxygen atoms in total. The molecule has 10 bridgehead atoms. The second-order valence-corrected chi connectivity index (χ2v) is 17.5. The van der Waals surface area contributed by atoms with Crippen molar-refractivity contribution in [3.63, 3.8) is 0 Å². The number of fused-ring (bicyclic) bond motifs is 9. The molecule has 0 aliphatic carbocycles. The highest BCUT2D eigenvalue weighted by Gasteiger charge is 2.59. The number of carbonyl (C=O) groups is 1. The Morgan fingerprint density at radius 3 is 2.51 bits per heavy atom. The van der Waals surface area contributed by atoms with Crippen LogP contribution in [0.3, 0.4) is 0 Å². The molecule has 9 rings (SSSR count). The van der Waals surface area contributed by atoms with E-state index in [9.17, 15) is 9.90 Å². The second kappa shape index (κ2) is 15.6. The normalized spacial score (nSPS) is 50.7. The van der Waals surface area contributed by atoms with Crippen LogP contribution in [0.4, 0.5) is 0 Å². The van der Waals surface area contributed by atoms with Gasteiger partial charge in [-0.2, -0.15) is 0 Å². The highest BCUT2D eigenvalue weighted by atomic mass is 16.7. The van der Waals surface area contributed by atoms with Crippen LogP contribution in [0.2, 0.25) is 0 Å². The minimum atomic E-state index is -0.928. The molecule has 0 amide bonds. The van der Waals surface area contributed by atoms with E-state index in [1.165, 1.54) is 0 Å². The van der Waals surface area contributed by atoms with Crippen LogP contribution < -0.4 is 5.32 Å². The smallest absolute Gasteiger partial charge is 0.172 e. The Balaban J connectivity index is 0.970.